The molecule has 0 unspecified atom stereocenters. The Morgan fingerprint density at radius 3 is 1.33 bits per heavy atom. The van der Waals surface area contributed by atoms with E-state index >= 15 is 0 Å². The first kappa shape index (κ1) is 17.5. The van der Waals surface area contributed by atoms with Crippen molar-refractivity contribution in [3.8, 4) is 0 Å². The van der Waals surface area contributed by atoms with Crippen LogP contribution in [0.2, 0.25) is 0 Å². The van der Waals surface area contributed by atoms with Crippen LogP contribution in [-0.4, -0.2) is 16.8 Å². The molecule has 0 aliphatic carbocycles. The summed E-state index contributed by atoms with van der Waals surface area (Å²) in [7, 11) is 0. The lowest BCUT2D eigenvalue weighted by atomic mass is 10.0. The maximum atomic E-state index is 8.64. The smallest absolute Gasteiger partial charge is 0.0751 e. The van der Waals surface area contributed by atoms with Crippen molar-refractivity contribution < 1.29 is 10.2 Å². The summed E-state index contributed by atoms with van der Waals surface area (Å²) in [5.41, 5.74) is 0. The largest absolute Gasteiger partial charge is 0.516 e. The van der Waals surface area contributed by atoms with E-state index in [0.29, 0.717) is 6.61 Å². The highest BCUT2D eigenvalue weighted by Crippen LogP contribution is 2.12. The number of unbranched alkanes of at least 4 members (excludes halogenated alkanes) is 12. The van der Waals surface area contributed by atoms with Crippen molar-refractivity contribution >= 4 is 0 Å². The highest BCUT2D eigenvalue weighted by atomic mass is 16.3. The minimum absolute atomic E-state index is 0.355. The molecule has 0 heterocycles. The SMILES string of the molecule is OC=CCCCCCCCCCCCCCCO. The molecule has 0 amide bonds. The lowest BCUT2D eigenvalue weighted by Gasteiger charge is -2.02. The number of allylic oxidation sites excluding steroid dienone is 1. The van der Waals surface area contributed by atoms with Gasteiger partial charge in [-0.25, -0.2) is 0 Å². The molecular formula is C16H32O2. The molecule has 0 rings (SSSR count). The van der Waals surface area contributed by atoms with Gasteiger partial charge in [-0.2, -0.15) is 0 Å². The maximum absolute atomic E-state index is 8.64. The third kappa shape index (κ3) is 15.5. The number of hydrogen-bond donors (Lipinski definition) is 2. The average Bonchev–Trinajstić information content (AvgIpc) is 2.39. The molecule has 0 radical (unpaired) electrons. The molecule has 0 aromatic heterocycles. The summed E-state index contributed by atoms with van der Waals surface area (Å²) in [6.07, 6.45) is 19.5. The van der Waals surface area contributed by atoms with E-state index in [2.05, 4.69) is 0 Å². The summed E-state index contributed by atoms with van der Waals surface area (Å²) in [6, 6.07) is 0. The lowest BCUT2D eigenvalue weighted by Crippen LogP contribution is -1.84. The summed E-state index contributed by atoms with van der Waals surface area (Å²) < 4.78 is 0. The molecule has 0 bridgehead atoms. The van der Waals surface area contributed by atoms with Gasteiger partial charge in [-0.3, -0.25) is 0 Å². The molecule has 0 fully saturated rings. The van der Waals surface area contributed by atoms with Crippen molar-refractivity contribution in [1.29, 1.82) is 0 Å². The van der Waals surface area contributed by atoms with Gasteiger partial charge in [0.15, 0.2) is 0 Å². The second kappa shape index (κ2) is 16.5. The van der Waals surface area contributed by atoms with Crippen LogP contribution in [-0.2, 0) is 0 Å². The van der Waals surface area contributed by atoms with Gasteiger partial charge >= 0.3 is 0 Å². The summed E-state index contributed by atoms with van der Waals surface area (Å²) in [5.74, 6) is 0. The van der Waals surface area contributed by atoms with E-state index in [4.69, 9.17) is 10.2 Å². The molecule has 18 heavy (non-hydrogen) atoms. The number of hydrogen-bond acceptors (Lipinski definition) is 2. The van der Waals surface area contributed by atoms with Gasteiger partial charge in [0.25, 0.3) is 0 Å². The van der Waals surface area contributed by atoms with E-state index in [-0.39, 0.29) is 0 Å². The van der Waals surface area contributed by atoms with Gasteiger partial charge in [0, 0.05) is 6.61 Å². The molecule has 2 N–H and O–H groups in total. The first-order chi connectivity index (χ1) is 8.91. The van der Waals surface area contributed by atoms with E-state index in [1.165, 1.54) is 70.6 Å². The zero-order valence-corrected chi connectivity index (χ0v) is 11.9. The minimum Gasteiger partial charge on any atom is -0.516 e. The standard InChI is InChI=1S/C16H32O2/c17-15-13-11-9-7-5-3-1-2-4-6-8-10-12-14-16-18/h13,15,17-18H,1-12,14,16H2. The third-order valence-electron chi connectivity index (χ3n) is 3.38. The van der Waals surface area contributed by atoms with Gasteiger partial charge in [-0.05, 0) is 19.3 Å². The first-order valence-electron chi connectivity index (χ1n) is 7.82. The van der Waals surface area contributed by atoms with Crippen LogP contribution in [0.5, 0.6) is 0 Å². The van der Waals surface area contributed by atoms with E-state index in [0.717, 1.165) is 19.1 Å². The quantitative estimate of drug-likeness (QED) is 0.334. The summed E-state index contributed by atoms with van der Waals surface area (Å²) in [6.45, 7) is 0.355. The van der Waals surface area contributed by atoms with E-state index < -0.39 is 0 Å². The molecule has 0 atom stereocenters. The maximum Gasteiger partial charge on any atom is 0.0751 e. The van der Waals surface area contributed by atoms with Crippen molar-refractivity contribution in [2.45, 2.75) is 83.5 Å². The molecular weight excluding hydrogens is 224 g/mol. The Morgan fingerprint density at radius 1 is 0.556 bits per heavy atom. The van der Waals surface area contributed by atoms with Gasteiger partial charge in [-0.15, -0.1) is 0 Å². The first-order valence-corrected chi connectivity index (χ1v) is 7.82. The highest BCUT2D eigenvalue weighted by molar-refractivity contribution is 4.70. The number of aliphatic hydroxyl groups is 2. The van der Waals surface area contributed by atoms with Crippen molar-refractivity contribution in [2.75, 3.05) is 6.61 Å². The summed E-state index contributed by atoms with van der Waals surface area (Å²) >= 11 is 0. The predicted molar refractivity (Wildman–Crippen MR) is 78.9 cm³/mol. The topological polar surface area (TPSA) is 40.5 Å². The van der Waals surface area contributed by atoms with Crippen LogP contribution >= 0.6 is 0 Å². The van der Waals surface area contributed by atoms with Gasteiger partial charge in [0.05, 0.1) is 6.26 Å². The Labute approximate surface area is 113 Å². The fourth-order valence-electron chi connectivity index (χ4n) is 2.22. The van der Waals surface area contributed by atoms with E-state index in [1.54, 1.807) is 0 Å². The Kier molecular flexibility index (Phi) is 16.0. The van der Waals surface area contributed by atoms with Crippen LogP contribution in [0.15, 0.2) is 12.3 Å². The van der Waals surface area contributed by atoms with Gasteiger partial charge in [0.1, 0.15) is 0 Å². The zero-order chi connectivity index (χ0) is 13.3. The van der Waals surface area contributed by atoms with Crippen molar-refractivity contribution in [3.05, 3.63) is 12.3 Å². The van der Waals surface area contributed by atoms with Crippen LogP contribution < -0.4 is 0 Å². The molecule has 0 aromatic rings. The lowest BCUT2D eigenvalue weighted by molar-refractivity contribution is 0.282. The number of aliphatic hydroxyl groups excluding tert-OH is 2. The van der Waals surface area contributed by atoms with Crippen molar-refractivity contribution in [3.63, 3.8) is 0 Å². The van der Waals surface area contributed by atoms with E-state index in [9.17, 15) is 0 Å². The molecule has 0 saturated heterocycles. The second-order valence-corrected chi connectivity index (χ2v) is 5.14. The normalized spacial score (nSPS) is 11.4. The summed E-state index contributed by atoms with van der Waals surface area (Å²) in [5, 5.41) is 17.1. The summed E-state index contributed by atoms with van der Waals surface area (Å²) in [4.78, 5) is 0. The average molecular weight is 256 g/mol. The second-order valence-electron chi connectivity index (χ2n) is 5.14. The Balaban J connectivity index is 2.90. The Hall–Kier alpha value is -0.500. The molecule has 2 heteroatoms. The Bertz CT molecular complexity index is 166. The van der Waals surface area contributed by atoms with E-state index in [1.807, 2.05) is 6.08 Å². The van der Waals surface area contributed by atoms with Crippen LogP contribution in [0.3, 0.4) is 0 Å². The molecule has 0 spiro atoms. The van der Waals surface area contributed by atoms with Crippen LogP contribution in [0.4, 0.5) is 0 Å². The van der Waals surface area contributed by atoms with Crippen LogP contribution in [0.1, 0.15) is 83.5 Å². The van der Waals surface area contributed by atoms with Gasteiger partial charge in [0.2, 0.25) is 0 Å². The third-order valence-corrected chi connectivity index (χ3v) is 3.38. The van der Waals surface area contributed by atoms with Crippen LogP contribution in [0.25, 0.3) is 0 Å². The Morgan fingerprint density at radius 2 is 0.944 bits per heavy atom. The van der Waals surface area contributed by atoms with Crippen LogP contribution in [0, 0.1) is 0 Å². The highest BCUT2D eigenvalue weighted by Gasteiger charge is 1.93. The minimum atomic E-state index is 0.355. The zero-order valence-electron chi connectivity index (χ0n) is 11.9. The van der Waals surface area contributed by atoms with Crippen molar-refractivity contribution in [1.82, 2.24) is 0 Å². The molecule has 0 aliphatic rings. The number of rotatable bonds is 14. The fourth-order valence-corrected chi connectivity index (χ4v) is 2.22. The van der Waals surface area contributed by atoms with Crippen molar-refractivity contribution in [2.24, 2.45) is 0 Å². The molecule has 0 aliphatic heterocycles. The molecule has 0 saturated carbocycles. The molecule has 0 aromatic carbocycles. The molecule has 2 nitrogen and oxygen atoms in total. The predicted octanol–water partition coefficient (Wildman–Crippen LogP) is 5.12. The van der Waals surface area contributed by atoms with Gasteiger partial charge < -0.3 is 10.2 Å². The molecule has 108 valence electrons. The van der Waals surface area contributed by atoms with Gasteiger partial charge in [-0.1, -0.05) is 70.3 Å². The fraction of sp³-hybridized carbons (Fsp3) is 0.875. The monoisotopic (exact) mass is 256 g/mol.